The molecule has 2 amide bonds. The Morgan fingerprint density at radius 3 is 2.11 bits per heavy atom. The van der Waals surface area contributed by atoms with Crippen LogP contribution in [0.25, 0.3) is 0 Å². The van der Waals surface area contributed by atoms with Gasteiger partial charge in [-0.1, -0.05) is 39.0 Å². The second kappa shape index (κ2) is 8.38. The quantitative estimate of drug-likeness (QED) is 0.853. The van der Waals surface area contributed by atoms with Crippen LogP contribution < -0.4 is 10.2 Å². The average Bonchev–Trinajstić information content (AvgIpc) is 2.60. The summed E-state index contributed by atoms with van der Waals surface area (Å²) in [5.74, 6) is -0.163. The zero-order valence-electron chi connectivity index (χ0n) is 17.2. The zero-order chi connectivity index (χ0) is 20.2. The van der Waals surface area contributed by atoms with Crippen LogP contribution in [0.5, 0.6) is 0 Å². The molecule has 2 aromatic rings. The van der Waals surface area contributed by atoms with Crippen molar-refractivity contribution in [3.05, 3.63) is 64.7 Å². The molecule has 2 aromatic carbocycles. The van der Waals surface area contributed by atoms with Crippen molar-refractivity contribution in [3.8, 4) is 0 Å². The molecular weight excluding hydrogens is 336 g/mol. The van der Waals surface area contributed by atoms with Gasteiger partial charge >= 0.3 is 0 Å². The summed E-state index contributed by atoms with van der Waals surface area (Å²) in [6.45, 7) is 12.9. The maximum atomic E-state index is 12.3. The summed E-state index contributed by atoms with van der Waals surface area (Å²) in [6, 6.07) is 13.7. The highest BCUT2D eigenvalue weighted by atomic mass is 16.2. The molecule has 0 atom stereocenters. The van der Waals surface area contributed by atoms with Crippen LogP contribution >= 0.6 is 0 Å². The third kappa shape index (κ3) is 5.43. The maximum Gasteiger partial charge on any atom is 0.251 e. The Balaban J connectivity index is 2.01. The van der Waals surface area contributed by atoms with Crippen LogP contribution in [0.3, 0.4) is 0 Å². The van der Waals surface area contributed by atoms with E-state index in [4.69, 9.17) is 0 Å². The third-order valence-corrected chi connectivity index (χ3v) is 4.82. The minimum absolute atomic E-state index is 0.0426. The highest BCUT2D eigenvalue weighted by Crippen LogP contribution is 2.25. The van der Waals surface area contributed by atoms with Crippen LogP contribution in [0.2, 0.25) is 0 Å². The Labute approximate surface area is 162 Å². The summed E-state index contributed by atoms with van der Waals surface area (Å²) in [4.78, 5) is 26.1. The van der Waals surface area contributed by atoms with Gasteiger partial charge in [-0.2, -0.15) is 0 Å². The Morgan fingerprint density at radius 2 is 1.59 bits per heavy atom. The number of hydrogen-bond donors (Lipinski definition) is 1. The fourth-order valence-electron chi connectivity index (χ4n) is 2.88. The normalized spacial score (nSPS) is 11.2. The summed E-state index contributed by atoms with van der Waals surface area (Å²) in [5.41, 5.74) is 5.02. The second-order valence-electron chi connectivity index (χ2n) is 8.02. The van der Waals surface area contributed by atoms with E-state index in [2.05, 4.69) is 38.2 Å². The molecule has 0 aromatic heterocycles. The van der Waals surface area contributed by atoms with Crippen molar-refractivity contribution in [1.29, 1.82) is 0 Å². The summed E-state index contributed by atoms with van der Waals surface area (Å²) < 4.78 is 0. The third-order valence-electron chi connectivity index (χ3n) is 4.82. The minimum Gasteiger partial charge on any atom is -0.350 e. The van der Waals surface area contributed by atoms with Crippen molar-refractivity contribution in [3.63, 3.8) is 0 Å². The van der Waals surface area contributed by atoms with Crippen LogP contribution in [0.15, 0.2) is 42.5 Å². The lowest BCUT2D eigenvalue weighted by molar-refractivity contribution is -0.116. The topological polar surface area (TPSA) is 49.4 Å². The minimum atomic E-state index is -0.121. The number of rotatable bonds is 5. The first-order valence-electron chi connectivity index (χ1n) is 9.33. The van der Waals surface area contributed by atoms with Crippen LogP contribution in [-0.4, -0.2) is 24.9 Å². The summed E-state index contributed by atoms with van der Waals surface area (Å²) in [7, 11) is 0. The van der Waals surface area contributed by atoms with Gasteiger partial charge < -0.3 is 10.2 Å². The fraction of sp³-hybridized carbons (Fsp3) is 0.391. The molecule has 0 radical (unpaired) electrons. The highest BCUT2D eigenvalue weighted by Gasteiger charge is 2.16. The zero-order valence-corrected chi connectivity index (χ0v) is 17.2. The van der Waals surface area contributed by atoms with Crippen molar-refractivity contribution in [2.45, 2.75) is 47.0 Å². The molecular formula is C23H30N2O2. The van der Waals surface area contributed by atoms with E-state index >= 15 is 0 Å². The summed E-state index contributed by atoms with van der Waals surface area (Å²) >= 11 is 0. The van der Waals surface area contributed by atoms with Crippen molar-refractivity contribution in [2.24, 2.45) is 0 Å². The number of aryl methyl sites for hydroxylation is 2. The molecule has 0 aliphatic rings. The molecule has 0 saturated carbocycles. The van der Waals surface area contributed by atoms with E-state index in [1.165, 1.54) is 5.56 Å². The first kappa shape index (κ1) is 20.7. The summed E-state index contributed by atoms with van der Waals surface area (Å²) in [6.07, 6.45) is 0. The number of carbonyl (C=O) groups excluding carboxylic acids is 2. The predicted octanol–water partition coefficient (Wildman–Crippen LogP) is 4.38. The van der Waals surface area contributed by atoms with Crippen molar-refractivity contribution in [1.82, 2.24) is 5.32 Å². The van der Waals surface area contributed by atoms with Crippen LogP contribution in [0.1, 0.15) is 54.7 Å². The van der Waals surface area contributed by atoms with Crippen molar-refractivity contribution >= 4 is 17.5 Å². The lowest BCUT2D eigenvalue weighted by atomic mass is 9.87. The number of anilines is 1. The Bertz CT molecular complexity index is 817. The van der Waals surface area contributed by atoms with Gasteiger partial charge in [0.05, 0.1) is 0 Å². The first-order chi connectivity index (χ1) is 12.6. The van der Waals surface area contributed by atoms with E-state index in [-0.39, 0.29) is 17.2 Å². The van der Waals surface area contributed by atoms with Gasteiger partial charge in [0, 0.05) is 31.3 Å². The molecule has 0 spiro atoms. The lowest BCUT2D eigenvalue weighted by Gasteiger charge is -2.24. The Morgan fingerprint density at radius 1 is 0.963 bits per heavy atom. The van der Waals surface area contributed by atoms with Crippen LogP contribution in [-0.2, 0) is 10.2 Å². The van der Waals surface area contributed by atoms with Gasteiger partial charge in [0.25, 0.3) is 5.91 Å². The number of carbonyl (C=O) groups is 2. The molecule has 0 bridgehead atoms. The number of amides is 2. The van der Waals surface area contributed by atoms with Gasteiger partial charge in [0.1, 0.15) is 0 Å². The molecule has 2 rings (SSSR count). The molecule has 0 unspecified atom stereocenters. The van der Waals surface area contributed by atoms with Gasteiger partial charge in [0.15, 0.2) is 0 Å². The largest absolute Gasteiger partial charge is 0.350 e. The molecule has 4 heteroatoms. The standard InChI is InChI=1S/C23H30N2O2/c1-16-7-8-19(15-17(16)2)22(27)24-13-14-25(18(3)26)21-11-9-20(10-12-21)23(4,5)6/h7-12,15H,13-14H2,1-6H3,(H,24,27). The van der Waals surface area contributed by atoms with E-state index in [1.807, 2.05) is 44.2 Å². The Hall–Kier alpha value is -2.62. The first-order valence-corrected chi connectivity index (χ1v) is 9.33. The van der Waals surface area contributed by atoms with Gasteiger partial charge in [-0.3, -0.25) is 9.59 Å². The van der Waals surface area contributed by atoms with Crippen LogP contribution in [0, 0.1) is 13.8 Å². The van der Waals surface area contributed by atoms with Gasteiger partial charge in [0.2, 0.25) is 5.91 Å². The molecule has 0 saturated heterocycles. The molecule has 1 N–H and O–H groups in total. The lowest BCUT2D eigenvalue weighted by Crippen LogP contribution is -2.37. The van der Waals surface area contributed by atoms with E-state index in [0.29, 0.717) is 18.7 Å². The molecule has 144 valence electrons. The second-order valence-corrected chi connectivity index (χ2v) is 8.02. The predicted molar refractivity (Wildman–Crippen MR) is 111 cm³/mol. The van der Waals surface area contributed by atoms with E-state index in [0.717, 1.165) is 16.8 Å². The van der Waals surface area contributed by atoms with E-state index in [1.54, 1.807) is 11.8 Å². The van der Waals surface area contributed by atoms with Crippen molar-refractivity contribution in [2.75, 3.05) is 18.0 Å². The van der Waals surface area contributed by atoms with Gasteiger partial charge in [-0.25, -0.2) is 0 Å². The average molecular weight is 367 g/mol. The van der Waals surface area contributed by atoms with Crippen LogP contribution in [0.4, 0.5) is 5.69 Å². The smallest absolute Gasteiger partial charge is 0.251 e. The fourth-order valence-corrected chi connectivity index (χ4v) is 2.88. The van der Waals surface area contributed by atoms with E-state index in [9.17, 15) is 9.59 Å². The SMILES string of the molecule is CC(=O)N(CCNC(=O)c1ccc(C)c(C)c1)c1ccc(C(C)(C)C)cc1. The molecule has 0 heterocycles. The number of nitrogens with zero attached hydrogens (tertiary/aromatic N) is 1. The van der Waals surface area contributed by atoms with E-state index < -0.39 is 0 Å². The number of benzene rings is 2. The molecule has 0 fully saturated rings. The molecule has 0 aliphatic heterocycles. The number of nitrogens with one attached hydrogen (secondary N) is 1. The summed E-state index contributed by atoms with van der Waals surface area (Å²) in [5, 5.41) is 2.90. The maximum absolute atomic E-state index is 12.3. The van der Waals surface area contributed by atoms with Gasteiger partial charge in [-0.15, -0.1) is 0 Å². The molecule has 27 heavy (non-hydrogen) atoms. The molecule has 4 nitrogen and oxygen atoms in total. The Kier molecular flexibility index (Phi) is 6.42. The van der Waals surface area contributed by atoms with Gasteiger partial charge in [-0.05, 0) is 60.2 Å². The monoisotopic (exact) mass is 366 g/mol. The van der Waals surface area contributed by atoms with Crippen molar-refractivity contribution < 1.29 is 9.59 Å². The highest BCUT2D eigenvalue weighted by molar-refractivity contribution is 5.95. The molecule has 0 aliphatic carbocycles. The number of hydrogen-bond acceptors (Lipinski definition) is 2.